The molecule has 0 unspecified atom stereocenters. The number of nitrogens with one attached hydrogen (secondary N) is 1. The molecule has 0 atom stereocenters. The van der Waals surface area contributed by atoms with Gasteiger partial charge in [0.2, 0.25) is 5.91 Å². The first-order chi connectivity index (χ1) is 7.12. The molecule has 3 heteroatoms. The first kappa shape index (κ1) is 11.7. The van der Waals surface area contributed by atoms with Crippen molar-refractivity contribution in [3.63, 3.8) is 0 Å². The van der Waals surface area contributed by atoms with Crippen LogP contribution in [0.4, 0.5) is 5.69 Å². The Morgan fingerprint density at radius 2 is 1.80 bits per heavy atom. The lowest BCUT2D eigenvalue weighted by Crippen LogP contribution is -2.50. The highest BCUT2D eigenvalue weighted by Crippen LogP contribution is 2.15. The predicted molar refractivity (Wildman–Crippen MR) is 62.6 cm³/mol. The summed E-state index contributed by atoms with van der Waals surface area (Å²) in [6.45, 7) is 3.85. The predicted octanol–water partition coefficient (Wildman–Crippen LogP) is 2.14. The molecule has 3 N–H and O–H groups in total. The molecule has 0 saturated carbocycles. The Hall–Kier alpha value is -1.35. The number of carbonyl (C=O) groups is 1. The van der Waals surface area contributed by atoms with Crippen LogP contribution in [0.25, 0.3) is 0 Å². The highest BCUT2D eigenvalue weighted by molar-refractivity contribution is 5.97. The Kier molecular flexibility index (Phi) is 3.86. The molecule has 1 amide bonds. The van der Waals surface area contributed by atoms with Gasteiger partial charge in [0.25, 0.3) is 0 Å². The summed E-state index contributed by atoms with van der Waals surface area (Å²) >= 11 is 0. The minimum atomic E-state index is -0.754. The van der Waals surface area contributed by atoms with Crippen molar-refractivity contribution in [3.8, 4) is 0 Å². The molecule has 0 heterocycles. The van der Waals surface area contributed by atoms with Crippen LogP contribution in [0.15, 0.2) is 30.3 Å². The van der Waals surface area contributed by atoms with Crippen LogP contribution in [-0.4, -0.2) is 11.4 Å². The van der Waals surface area contributed by atoms with Crippen LogP contribution in [0.3, 0.4) is 0 Å². The average molecular weight is 206 g/mol. The van der Waals surface area contributed by atoms with Crippen LogP contribution in [0.1, 0.15) is 26.7 Å². The second-order valence-electron chi connectivity index (χ2n) is 3.68. The molecule has 0 aliphatic rings. The molecule has 82 valence electrons. The van der Waals surface area contributed by atoms with Gasteiger partial charge >= 0.3 is 0 Å². The van der Waals surface area contributed by atoms with Gasteiger partial charge in [0, 0.05) is 5.69 Å². The van der Waals surface area contributed by atoms with Gasteiger partial charge in [-0.15, -0.1) is 0 Å². The van der Waals surface area contributed by atoms with Crippen molar-refractivity contribution < 1.29 is 4.79 Å². The third kappa shape index (κ3) is 2.80. The molecule has 0 aromatic heterocycles. The van der Waals surface area contributed by atoms with Gasteiger partial charge < -0.3 is 11.1 Å². The fraction of sp³-hybridized carbons (Fsp3) is 0.417. The maximum atomic E-state index is 11.9. The zero-order chi connectivity index (χ0) is 11.3. The highest BCUT2D eigenvalue weighted by Gasteiger charge is 2.29. The maximum absolute atomic E-state index is 11.9. The number of carbonyl (C=O) groups excluding carboxylic acids is 1. The number of amides is 1. The van der Waals surface area contributed by atoms with Gasteiger partial charge in [0.05, 0.1) is 5.54 Å². The van der Waals surface area contributed by atoms with Crippen molar-refractivity contribution in [2.45, 2.75) is 32.2 Å². The summed E-state index contributed by atoms with van der Waals surface area (Å²) in [6, 6.07) is 9.37. The molecular weight excluding hydrogens is 188 g/mol. The lowest BCUT2D eigenvalue weighted by molar-refractivity contribution is -0.121. The number of hydrogen-bond donors (Lipinski definition) is 2. The topological polar surface area (TPSA) is 55.1 Å². The monoisotopic (exact) mass is 206 g/mol. The van der Waals surface area contributed by atoms with Crippen molar-refractivity contribution in [1.29, 1.82) is 0 Å². The molecule has 1 rings (SSSR count). The molecule has 0 aliphatic carbocycles. The summed E-state index contributed by atoms with van der Waals surface area (Å²) in [5, 5.41) is 2.82. The second kappa shape index (κ2) is 4.94. The van der Waals surface area contributed by atoms with E-state index in [4.69, 9.17) is 5.73 Å². The first-order valence-corrected chi connectivity index (χ1v) is 5.27. The van der Waals surface area contributed by atoms with Gasteiger partial charge in [0.1, 0.15) is 0 Å². The molecule has 15 heavy (non-hydrogen) atoms. The van der Waals surface area contributed by atoms with Crippen LogP contribution in [0.5, 0.6) is 0 Å². The van der Waals surface area contributed by atoms with Crippen LogP contribution in [-0.2, 0) is 4.79 Å². The normalized spacial score (nSPS) is 11.1. The first-order valence-electron chi connectivity index (χ1n) is 5.27. The largest absolute Gasteiger partial charge is 0.324 e. The zero-order valence-electron chi connectivity index (χ0n) is 9.29. The number of benzene rings is 1. The molecule has 0 saturated heterocycles. The van der Waals surface area contributed by atoms with Gasteiger partial charge in [-0.1, -0.05) is 32.0 Å². The Morgan fingerprint density at radius 3 is 2.27 bits per heavy atom. The minimum absolute atomic E-state index is 0.112. The Balaban J connectivity index is 2.71. The van der Waals surface area contributed by atoms with Gasteiger partial charge in [0.15, 0.2) is 0 Å². The smallest absolute Gasteiger partial charge is 0.244 e. The van der Waals surface area contributed by atoms with Crippen molar-refractivity contribution in [2.75, 3.05) is 5.32 Å². The molecule has 0 fully saturated rings. The molecule has 3 nitrogen and oxygen atoms in total. The standard InChI is InChI=1S/C12H18N2O/c1-3-12(13,4-2)11(15)14-10-8-6-5-7-9-10/h5-9H,3-4,13H2,1-2H3,(H,14,15). The van der Waals surface area contributed by atoms with Crippen molar-refractivity contribution in [1.82, 2.24) is 0 Å². The number of para-hydroxylation sites is 1. The van der Waals surface area contributed by atoms with Crippen LogP contribution >= 0.6 is 0 Å². The summed E-state index contributed by atoms with van der Waals surface area (Å²) in [5.41, 5.74) is 6.01. The van der Waals surface area contributed by atoms with Crippen LogP contribution in [0, 0.1) is 0 Å². The van der Waals surface area contributed by atoms with E-state index in [1.54, 1.807) is 0 Å². The third-order valence-corrected chi connectivity index (χ3v) is 2.75. The molecule has 0 radical (unpaired) electrons. The van der Waals surface area contributed by atoms with Crippen LogP contribution < -0.4 is 11.1 Å². The molecule has 1 aromatic carbocycles. The maximum Gasteiger partial charge on any atom is 0.244 e. The van der Waals surface area contributed by atoms with E-state index in [2.05, 4.69) is 5.32 Å². The van der Waals surface area contributed by atoms with Gasteiger partial charge in [-0.05, 0) is 25.0 Å². The van der Waals surface area contributed by atoms with Crippen molar-refractivity contribution in [2.24, 2.45) is 5.73 Å². The zero-order valence-corrected chi connectivity index (χ0v) is 9.29. The lowest BCUT2D eigenvalue weighted by Gasteiger charge is -2.25. The Bertz CT molecular complexity index is 318. The van der Waals surface area contributed by atoms with Crippen molar-refractivity contribution >= 4 is 11.6 Å². The molecule has 0 aliphatic heterocycles. The molecule has 0 spiro atoms. The average Bonchev–Trinajstić information content (AvgIpc) is 2.29. The van der Waals surface area contributed by atoms with E-state index in [0.717, 1.165) is 5.69 Å². The van der Waals surface area contributed by atoms with E-state index in [1.165, 1.54) is 0 Å². The highest BCUT2D eigenvalue weighted by atomic mass is 16.2. The molecule has 0 bridgehead atoms. The van der Waals surface area contributed by atoms with E-state index in [-0.39, 0.29) is 5.91 Å². The number of nitrogens with two attached hydrogens (primary N) is 1. The molecular formula is C12H18N2O. The van der Waals surface area contributed by atoms with Gasteiger partial charge in [-0.3, -0.25) is 4.79 Å². The van der Waals surface area contributed by atoms with E-state index in [9.17, 15) is 4.79 Å². The van der Waals surface area contributed by atoms with Crippen molar-refractivity contribution in [3.05, 3.63) is 30.3 Å². The lowest BCUT2D eigenvalue weighted by atomic mass is 9.93. The number of anilines is 1. The van der Waals surface area contributed by atoms with E-state index >= 15 is 0 Å². The van der Waals surface area contributed by atoms with E-state index in [0.29, 0.717) is 12.8 Å². The third-order valence-electron chi connectivity index (χ3n) is 2.75. The summed E-state index contributed by atoms with van der Waals surface area (Å²) in [4.78, 5) is 11.9. The number of rotatable bonds is 4. The second-order valence-corrected chi connectivity index (χ2v) is 3.68. The molecule has 1 aromatic rings. The quantitative estimate of drug-likeness (QED) is 0.793. The summed E-state index contributed by atoms with van der Waals surface area (Å²) in [7, 11) is 0. The fourth-order valence-electron chi connectivity index (χ4n) is 1.35. The Morgan fingerprint density at radius 1 is 1.27 bits per heavy atom. The SMILES string of the molecule is CCC(N)(CC)C(=O)Nc1ccccc1. The van der Waals surface area contributed by atoms with Gasteiger partial charge in [-0.2, -0.15) is 0 Å². The summed E-state index contributed by atoms with van der Waals surface area (Å²) in [5.74, 6) is -0.112. The summed E-state index contributed by atoms with van der Waals surface area (Å²) in [6.07, 6.45) is 1.28. The van der Waals surface area contributed by atoms with Crippen LogP contribution in [0.2, 0.25) is 0 Å². The number of hydrogen-bond acceptors (Lipinski definition) is 2. The van der Waals surface area contributed by atoms with Gasteiger partial charge in [-0.25, -0.2) is 0 Å². The Labute approximate surface area is 90.7 Å². The minimum Gasteiger partial charge on any atom is -0.324 e. The van der Waals surface area contributed by atoms with E-state index < -0.39 is 5.54 Å². The van der Waals surface area contributed by atoms with E-state index in [1.807, 2.05) is 44.2 Å². The fourth-order valence-corrected chi connectivity index (χ4v) is 1.35. The summed E-state index contributed by atoms with van der Waals surface area (Å²) < 4.78 is 0.